The first-order chi connectivity index (χ1) is 15.1. The smallest absolute Gasteiger partial charge is 0.309 e. The molecule has 2 aromatic rings. The minimum atomic E-state index is -0.0394. The van der Waals surface area contributed by atoms with Crippen molar-refractivity contribution in [3.05, 3.63) is 36.0 Å². The van der Waals surface area contributed by atoms with Crippen molar-refractivity contribution in [3.8, 4) is 5.75 Å². The quantitative estimate of drug-likeness (QED) is 0.560. The predicted molar refractivity (Wildman–Crippen MR) is 123 cm³/mol. The summed E-state index contributed by atoms with van der Waals surface area (Å²) < 4.78 is 11.5. The molecule has 0 radical (unpaired) electrons. The van der Waals surface area contributed by atoms with Gasteiger partial charge in [0, 0.05) is 11.9 Å². The highest BCUT2D eigenvalue weighted by Gasteiger charge is 2.26. The zero-order chi connectivity index (χ0) is 21.6. The number of aromatic nitrogens is 1. The van der Waals surface area contributed by atoms with E-state index in [0.29, 0.717) is 12.7 Å². The second-order valence-corrected chi connectivity index (χ2v) is 9.13. The Kier molecular flexibility index (Phi) is 7.44. The zero-order valence-electron chi connectivity index (χ0n) is 19.0. The summed E-state index contributed by atoms with van der Waals surface area (Å²) in [4.78, 5) is 19.2. The van der Waals surface area contributed by atoms with Crippen molar-refractivity contribution in [2.75, 3.05) is 19.7 Å². The summed E-state index contributed by atoms with van der Waals surface area (Å²) in [5.74, 6) is 1.86. The third kappa shape index (κ3) is 5.76. The summed E-state index contributed by atoms with van der Waals surface area (Å²) >= 11 is 0. The third-order valence-electron chi connectivity index (χ3n) is 6.99. The van der Waals surface area contributed by atoms with Crippen LogP contribution in [0.4, 0.5) is 0 Å². The standard InChI is InChI=1S/C26H36N2O3/c1-3-19-5-9-23(10-6-19)31-24-11-12-25-21(17-24)7-8-22(27-25)18-28-15-13-20(14-16-28)26(29)30-4-2/h7-8,11-12,17,19-20,23H,3-6,9-10,13-16,18H2,1-2H3/t19-,23-. The van der Waals surface area contributed by atoms with Crippen LogP contribution in [0.1, 0.15) is 64.5 Å². The summed E-state index contributed by atoms with van der Waals surface area (Å²) in [6.07, 6.45) is 8.29. The molecule has 31 heavy (non-hydrogen) atoms. The minimum absolute atomic E-state index is 0.0394. The second-order valence-electron chi connectivity index (χ2n) is 9.13. The van der Waals surface area contributed by atoms with Crippen molar-refractivity contribution < 1.29 is 14.3 Å². The Morgan fingerprint density at radius 3 is 2.52 bits per heavy atom. The molecule has 1 aliphatic carbocycles. The number of hydrogen-bond donors (Lipinski definition) is 0. The van der Waals surface area contributed by atoms with Crippen LogP contribution >= 0.6 is 0 Å². The summed E-state index contributed by atoms with van der Waals surface area (Å²) in [6.45, 7) is 7.27. The van der Waals surface area contributed by atoms with Crippen molar-refractivity contribution in [1.82, 2.24) is 9.88 Å². The number of rotatable bonds is 7. The van der Waals surface area contributed by atoms with E-state index >= 15 is 0 Å². The molecule has 2 aliphatic rings. The normalized spacial score (nSPS) is 23.0. The number of nitrogens with zero attached hydrogens (tertiary/aromatic N) is 2. The number of fused-ring (bicyclic) bond motifs is 1. The molecule has 0 bridgehead atoms. The van der Waals surface area contributed by atoms with E-state index in [-0.39, 0.29) is 11.9 Å². The van der Waals surface area contributed by atoms with Gasteiger partial charge in [-0.3, -0.25) is 14.7 Å². The van der Waals surface area contributed by atoms with Crippen LogP contribution in [0.15, 0.2) is 30.3 Å². The molecule has 1 saturated heterocycles. The van der Waals surface area contributed by atoms with Crippen LogP contribution < -0.4 is 4.74 Å². The summed E-state index contributed by atoms with van der Waals surface area (Å²) in [5.41, 5.74) is 2.09. The summed E-state index contributed by atoms with van der Waals surface area (Å²) in [7, 11) is 0. The molecule has 2 fully saturated rings. The minimum Gasteiger partial charge on any atom is -0.490 e. The maximum atomic E-state index is 11.9. The molecule has 0 atom stereocenters. The zero-order valence-corrected chi connectivity index (χ0v) is 19.0. The molecule has 0 N–H and O–H groups in total. The van der Waals surface area contributed by atoms with E-state index in [0.717, 1.165) is 60.7 Å². The van der Waals surface area contributed by atoms with E-state index in [1.807, 2.05) is 6.92 Å². The van der Waals surface area contributed by atoms with Gasteiger partial charge in [-0.15, -0.1) is 0 Å². The van der Waals surface area contributed by atoms with Gasteiger partial charge in [0.25, 0.3) is 0 Å². The van der Waals surface area contributed by atoms with E-state index in [1.54, 1.807) is 0 Å². The first-order valence-electron chi connectivity index (χ1n) is 12.1. The monoisotopic (exact) mass is 424 g/mol. The van der Waals surface area contributed by atoms with Crippen LogP contribution in [0.25, 0.3) is 10.9 Å². The fourth-order valence-corrected chi connectivity index (χ4v) is 4.97. The van der Waals surface area contributed by atoms with Crippen molar-refractivity contribution in [2.24, 2.45) is 11.8 Å². The highest BCUT2D eigenvalue weighted by molar-refractivity contribution is 5.80. The van der Waals surface area contributed by atoms with E-state index in [2.05, 4.69) is 42.2 Å². The summed E-state index contributed by atoms with van der Waals surface area (Å²) in [6, 6.07) is 10.6. The van der Waals surface area contributed by atoms with Gasteiger partial charge in [0.05, 0.1) is 29.8 Å². The number of pyridine rings is 1. The lowest BCUT2D eigenvalue weighted by atomic mass is 9.86. The number of carbonyl (C=O) groups excluding carboxylic acids is 1. The topological polar surface area (TPSA) is 51.7 Å². The van der Waals surface area contributed by atoms with Gasteiger partial charge in [0.15, 0.2) is 0 Å². The maximum Gasteiger partial charge on any atom is 0.309 e. The molecule has 1 saturated carbocycles. The molecule has 0 unspecified atom stereocenters. The number of ether oxygens (including phenoxy) is 2. The fraction of sp³-hybridized carbons (Fsp3) is 0.615. The van der Waals surface area contributed by atoms with Gasteiger partial charge in [0.2, 0.25) is 0 Å². The fourth-order valence-electron chi connectivity index (χ4n) is 4.97. The molecule has 4 rings (SSSR count). The Morgan fingerprint density at radius 2 is 1.81 bits per heavy atom. The lowest BCUT2D eigenvalue weighted by molar-refractivity contribution is -0.149. The van der Waals surface area contributed by atoms with Crippen molar-refractivity contribution in [2.45, 2.75) is 71.4 Å². The average Bonchev–Trinajstić information content (AvgIpc) is 2.80. The lowest BCUT2D eigenvalue weighted by Gasteiger charge is -2.30. The largest absolute Gasteiger partial charge is 0.490 e. The Bertz CT molecular complexity index is 868. The lowest BCUT2D eigenvalue weighted by Crippen LogP contribution is -2.36. The van der Waals surface area contributed by atoms with Gasteiger partial charge in [0.1, 0.15) is 5.75 Å². The summed E-state index contributed by atoms with van der Waals surface area (Å²) in [5, 5.41) is 1.13. The molecule has 1 aromatic heterocycles. The van der Waals surface area contributed by atoms with Crippen molar-refractivity contribution in [1.29, 1.82) is 0 Å². The van der Waals surface area contributed by atoms with Crippen molar-refractivity contribution in [3.63, 3.8) is 0 Å². The van der Waals surface area contributed by atoms with Crippen molar-refractivity contribution >= 4 is 16.9 Å². The van der Waals surface area contributed by atoms with Crippen LogP contribution in [0.2, 0.25) is 0 Å². The highest BCUT2D eigenvalue weighted by Crippen LogP contribution is 2.30. The number of piperidine rings is 1. The van der Waals surface area contributed by atoms with Gasteiger partial charge in [-0.05, 0) is 88.7 Å². The molecule has 1 aliphatic heterocycles. The molecule has 5 nitrogen and oxygen atoms in total. The maximum absolute atomic E-state index is 11.9. The number of carbonyl (C=O) groups is 1. The number of likely N-dealkylation sites (tertiary alicyclic amines) is 1. The van der Waals surface area contributed by atoms with E-state index < -0.39 is 0 Å². The Labute approximate surface area is 186 Å². The Morgan fingerprint density at radius 1 is 1.03 bits per heavy atom. The van der Waals surface area contributed by atoms with Gasteiger partial charge >= 0.3 is 5.97 Å². The Balaban J connectivity index is 1.32. The van der Waals surface area contributed by atoms with Crippen LogP contribution in [0.5, 0.6) is 5.75 Å². The number of benzene rings is 1. The van der Waals surface area contributed by atoms with Gasteiger partial charge in [-0.2, -0.15) is 0 Å². The van der Waals surface area contributed by atoms with Crippen LogP contribution in [0, 0.1) is 11.8 Å². The van der Waals surface area contributed by atoms with Crippen LogP contribution in [-0.4, -0.2) is 41.7 Å². The molecule has 1 aromatic carbocycles. The molecule has 2 heterocycles. The highest BCUT2D eigenvalue weighted by atomic mass is 16.5. The number of hydrogen-bond acceptors (Lipinski definition) is 5. The van der Waals surface area contributed by atoms with E-state index in [1.165, 1.54) is 32.1 Å². The van der Waals surface area contributed by atoms with E-state index in [9.17, 15) is 4.79 Å². The number of esters is 1. The first-order valence-corrected chi connectivity index (χ1v) is 12.1. The molecular formula is C26H36N2O3. The predicted octanol–water partition coefficient (Wildman–Crippen LogP) is 5.36. The average molecular weight is 425 g/mol. The third-order valence-corrected chi connectivity index (χ3v) is 6.99. The molecule has 0 spiro atoms. The SMILES string of the molecule is CCOC(=O)C1CCN(Cc2ccc3cc(O[C@H]4CC[C@H](CC)CC4)ccc3n2)CC1. The van der Waals surface area contributed by atoms with Crippen LogP contribution in [0.3, 0.4) is 0 Å². The van der Waals surface area contributed by atoms with E-state index in [4.69, 9.17) is 14.5 Å². The van der Waals surface area contributed by atoms with Gasteiger partial charge in [-0.1, -0.05) is 19.4 Å². The van der Waals surface area contributed by atoms with Crippen LogP contribution in [-0.2, 0) is 16.1 Å². The molecular weight excluding hydrogens is 388 g/mol. The van der Waals surface area contributed by atoms with Gasteiger partial charge in [-0.25, -0.2) is 0 Å². The Hall–Kier alpha value is -2.14. The second kappa shape index (κ2) is 10.4. The molecule has 168 valence electrons. The van der Waals surface area contributed by atoms with Gasteiger partial charge < -0.3 is 9.47 Å². The first kappa shape index (κ1) is 22.1. The molecule has 5 heteroatoms. The molecule has 0 amide bonds.